The fourth-order valence-electron chi connectivity index (χ4n) is 2.90. The van der Waals surface area contributed by atoms with E-state index in [0.29, 0.717) is 41.5 Å². The van der Waals surface area contributed by atoms with Gasteiger partial charge in [0.15, 0.2) is 0 Å². The Kier molecular flexibility index (Phi) is 7.19. The summed E-state index contributed by atoms with van der Waals surface area (Å²) in [4.78, 5) is 15.5. The summed E-state index contributed by atoms with van der Waals surface area (Å²) in [6, 6.07) is 15.7. The number of hydrogen-bond acceptors (Lipinski definition) is 4. The maximum Gasteiger partial charge on any atom is 0.306 e. The Bertz CT molecular complexity index is 959. The molecule has 0 aliphatic rings. The van der Waals surface area contributed by atoms with Crippen LogP contribution in [0, 0.1) is 5.82 Å². The molecule has 0 spiro atoms. The van der Waals surface area contributed by atoms with Crippen LogP contribution in [0.25, 0.3) is 11.1 Å². The number of ether oxygens (including phenoxy) is 2. The monoisotopic (exact) mass is 413 g/mol. The summed E-state index contributed by atoms with van der Waals surface area (Å²) in [5.74, 6) is 0.0634. The fraction of sp³-hybridized carbons (Fsp3) is 0.217. The number of aromatic nitrogens is 1. The van der Waals surface area contributed by atoms with Gasteiger partial charge in [-0.1, -0.05) is 35.9 Å². The Morgan fingerprint density at radius 3 is 2.59 bits per heavy atom. The predicted octanol–water partition coefficient (Wildman–Crippen LogP) is 5.62. The smallest absolute Gasteiger partial charge is 0.306 e. The van der Waals surface area contributed by atoms with Gasteiger partial charge < -0.3 is 9.47 Å². The van der Waals surface area contributed by atoms with Gasteiger partial charge in [-0.25, -0.2) is 9.37 Å². The van der Waals surface area contributed by atoms with Crippen molar-refractivity contribution in [3.05, 3.63) is 82.9 Å². The predicted molar refractivity (Wildman–Crippen MR) is 110 cm³/mol. The molecule has 0 bridgehead atoms. The molecule has 3 rings (SSSR count). The number of pyridine rings is 1. The Labute approximate surface area is 174 Å². The Morgan fingerprint density at radius 2 is 1.90 bits per heavy atom. The lowest BCUT2D eigenvalue weighted by Crippen LogP contribution is -2.05. The summed E-state index contributed by atoms with van der Waals surface area (Å²) in [6.45, 7) is 2.25. The first-order valence-corrected chi connectivity index (χ1v) is 9.71. The molecule has 4 nitrogen and oxygen atoms in total. The highest BCUT2D eigenvalue weighted by atomic mass is 35.5. The van der Waals surface area contributed by atoms with E-state index < -0.39 is 0 Å². The molecule has 0 N–H and O–H groups in total. The lowest BCUT2D eigenvalue weighted by atomic mass is 10.0. The molecule has 1 aromatic heterocycles. The van der Waals surface area contributed by atoms with Crippen molar-refractivity contribution in [1.82, 2.24) is 4.98 Å². The third kappa shape index (κ3) is 5.78. The van der Waals surface area contributed by atoms with Crippen LogP contribution < -0.4 is 4.74 Å². The molecule has 0 unspecified atom stereocenters. The molecule has 29 heavy (non-hydrogen) atoms. The van der Waals surface area contributed by atoms with Gasteiger partial charge in [-0.05, 0) is 54.8 Å². The van der Waals surface area contributed by atoms with E-state index in [2.05, 4.69) is 4.98 Å². The lowest BCUT2D eigenvalue weighted by molar-refractivity contribution is -0.143. The molecule has 1 heterocycles. The van der Waals surface area contributed by atoms with Crippen molar-refractivity contribution in [2.24, 2.45) is 0 Å². The summed E-state index contributed by atoms with van der Waals surface area (Å²) in [6.07, 6.45) is 2.54. The van der Waals surface area contributed by atoms with Crippen molar-refractivity contribution in [3.8, 4) is 16.9 Å². The minimum Gasteiger partial charge on any atom is -0.489 e. The number of carbonyl (C=O) groups is 1. The number of hydrogen-bond donors (Lipinski definition) is 0. The topological polar surface area (TPSA) is 48.4 Å². The van der Waals surface area contributed by atoms with E-state index in [1.807, 2.05) is 30.3 Å². The molecule has 0 amide bonds. The number of nitrogens with zero attached hydrogens (tertiary/aromatic N) is 1. The van der Waals surface area contributed by atoms with Crippen LogP contribution in [-0.4, -0.2) is 17.6 Å². The normalized spacial score (nSPS) is 10.6. The van der Waals surface area contributed by atoms with Crippen molar-refractivity contribution >= 4 is 17.6 Å². The highest BCUT2D eigenvalue weighted by molar-refractivity contribution is 6.29. The summed E-state index contributed by atoms with van der Waals surface area (Å²) in [5.41, 5.74) is 2.93. The summed E-state index contributed by atoms with van der Waals surface area (Å²) < 4.78 is 25.2. The van der Waals surface area contributed by atoms with E-state index in [-0.39, 0.29) is 18.4 Å². The molecular formula is C23H21ClFNO3. The molecule has 0 atom stereocenters. The molecule has 6 heteroatoms. The average molecular weight is 414 g/mol. The van der Waals surface area contributed by atoms with Gasteiger partial charge in [-0.2, -0.15) is 0 Å². The molecule has 0 saturated heterocycles. The van der Waals surface area contributed by atoms with Gasteiger partial charge in [-0.15, -0.1) is 0 Å². The molecular weight excluding hydrogens is 393 g/mol. The average Bonchev–Trinajstić information content (AvgIpc) is 2.73. The zero-order chi connectivity index (χ0) is 20.6. The maximum absolute atomic E-state index is 14.5. The van der Waals surface area contributed by atoms with E-state index in [9.17, 15) is 9.18 Å². The number of carbonyl (C=O) groups excluding carboxylic acids is 1. The SMILES string of the molecule is CCOC(=O)CCc1ccc(OCc2c(F)cccc2-c2ccc(Cl)nc2)cc1. The van der Waals surface area contributed by atoms with Gasteiger partial charge in [0.1, 0.15) is 23.3 Å². The second-order valence-corrected chi connectivity index (χ2v) is 6.76. The maximum atomic E-state index is 14.5. The Hall–Kier alpha value is -2.92. The molecule has 0 saturated carbocycles. The first kappa shape index (κ1) is 20.8. The van der Waals surface area contributed by atoms with Crippen LogP contribution in [0.5, 0.6) is 5.75 Å². The molecule has 2 aromatic carbocycles. The van der Waals surface area contributed by atoms with Gasteiger partial charge in [-0.3, -0.25) is 4.79 Å². The number of halogens is 2. The van der Waals surface area contributed by atoms with Gasteiger partial charge >= 0.3 is 5.97 Å². The summed E-state index contributed by atoms with van der Waals surface area (Å²) in [5, 5.41) is 0.381. The number of rotatable bonds is 8. The number of benzene rings is 2. The highest BCUT2D eigenvalue weighted by Crippen LogP contribution is 2.27. The third-order valence-electron chi connectivity index (χ3n) is 4.39. The van der Waals surface area contributed by atoms with E-state index in [1.165, 1.54) is 6.07 Å². The fourth-order valence-corrected chi connectivity index (χ4v) is 3.01. The zero-order valence-electron chi connectivity index (χ0n) is 16.0. The number of aryl methyl sites for hydroxylation is 1. The van der Waals surface area contributed by atoms with Crippen molar-refractivity contribution in [2.45, 2.75) is 26.4 Å². The minimum absolute atomic E-state index is 0.0762. The molecule has 150 valence electrons. The van der Waals surface area contributed by atoms with Gasteiger partial charge in [0.25, 0.3) is 0 Å². The third-order valence-corrected chi connectivity index (χ3v) is 4.61. The van der Waals surface area contributed by atoms with Crippen LogP contribution in [0.2, 0.25) is 5.15 Å². The molecule has 0 fully saturated rings. The van der Waals surface area contributed by atoms with Crippen LogP contribution in [0.4, 0.5) is 4.39 Å². The second kappa shape index (κ2) is 10.0. The highest BCUT2D eigenvalue weighted by Gasteiger charge is 2.12. The lowest BCUT2D eigenvalue weighted by Gasteiger charge is -2.13. The van der Waals surface area contributed by atoms with Gasteiger partial charge in [0.05, 0.1) is 6.61 Å². The zero-order valence-corrected chi connectivity index (χ0v) is 16.8. The summed E-state index contributed by atoms with van der Waals surface area (Å²) in [7, 11) is 0. The van der Waals surface area contributed by atoms with E-state index in [0.717, 1.165) is 11.1 Å². The second-order valence-electron chi connectivity index (χ2n) is 6.37. The van der Waals surface area contributed by atoms with Crippen LogP contribution in [-0.2, 0) is 22.6 Å². The number of esters is 1. The standard InChI is InChI=1S/C23H21ClFNO3/c1-2-28-23(27)13-8-16-6-10-18(11-7-16)29-15-20-19(4-3-5-21(20)25)17-9-12-22(24)26-14-17/h3-7,9-12,14H,2,8,13,15H2,1H3. The minimum atomic E-state index is -0.344. The quantitative estimate of drug-likeness (QED) is 0.355. The Balaban J connectivity index is 1.67. The molecule has 0 aliphatic heterocycles. The summed E-state index contributed by atoms with van der Waals surface area (Å²) >= 11 is 5.84. The van der Waals surface area contributed by atoms with Crippen LogP contribution in [0.3, 0.4) is 0 Å². The molecule has 3 aromatic rings. The van der Waals surface area contributed by atoms with Crippen molar-refractivity contribution in [2.75, 3.05) is 6.61 Å². The van der Waals surface area contributed by atoms with Crippen LogP contribution in [0.15, 0.2) is 60.8 Å². The molecule has 0 aliphatic carbocycles. The largest absolute Gasteiger partial charge is 0.489 e. The van der Waals surface area contributed by atoms with E-state index in [1.54, 1.807) is 31.3 Å². The van der Waals surface area contributed by atoms with Gasteiger partial charge in [0, 0.05) is 23.7 Å². The van der Waals surface area contributed by atoms with Crippen LogP contribution in [0.1, 0.15) is 24.5 Å². The molecule has 0 radical (unpaired) electrons. The van der Waals surface area contributed by atoms with Gasteiger partial charge in [0.2, 0.25) is 0 Å². The van der Waals surface area contributed by atoms with E-state index in [4.69, 9.17) is 21.1 Å². The first-order valence-electron chi connectivity index (χ1n) is 9.33. The Morgan fingerprint density at radius 1 is 1.10 bits per heavy atom. The van der Waals surface area contributed by atoms with Crippen LogP contribution >= 0.6 is 11.6 Å². The van der Waals surface area contributed by atoms with Crippen molar-refractivity contribution in [1.29, 1.82) is 0 Å². The van der Waals surface area contributed by atoms with Crippen molar-refractivity contribution < 1.29 is 18.7 Å². The van der Waals surface area contributed by atoms with E-state index >= 15 is 0 Å². The van der Waals surface area contributed by atoms with Crippen molar-refractivity contribution in [3.63, 3.8) is 0 Å². The first-order chi connectivity index (χ1) is 14.1.